The van der Waals surface area contributed by atoms with Crippen LogP contribution in [0.5, 0.6) is 0 Å². The van der Waals surface area contributed by atoms with Crippen LogP contribution in [0.1, 0.15) is 48.6 Å². The summed E-state index contributed by atoms with van der Waals surface area (Å²) >= 11 is 0. The summed E-state index contributed by atoms with van der Waals surface area (Å²) in [7, 11) is 0. The lowest BCUT2D eigenvalue weighted by Gasteiger charge is -2.27. The summed E-state index contributed by atoms with van der Waals surface area (Å²) in [6, 6.07) is 54.3. The van der Waals surface area contributed by atoms with Crippen molar-refractivity contribution in [2.24, 2.45) is 0 Å². The maximum absolute atomic E-state index is 2.35. The van der Waals surface area contributed by atoms with Crippen molar-refractivity contribution in [3.8, 4) is 0 Å². The van der Waals surface area contributed by atoms with Crippen LogP contribution < -0.4 is 9.80 Å². The van der Waals surface area contributed by atoms with Gasteiger partial charge in [0, 0.05) is 34.1 Å². The molecule has 0 saturated carbocycles. The average Bonchev–Trinajstić information content (AvgIpc) is 3.06. The maximum Gasteiger partial charge on any atom is 0.0466 e. The minimum Gasteiger partial charge on any atom is -0.311 e. The van der Waals surface area contributed by atoms with Gasteiger partial charge in [-0.05, 0) is 120 Å². The molecule has 0 unspecified atom stereocenters. The van der Waals surface area contributed by atoms with Gasteiger partial charge in [0.1, 0.15) is 0 Å². The fraction of sp³-hybridized carbons (Fsp3) is 0.136. The van der Waals surface area contributed by atoms with E-state index in [1.54, 1.807) is 0 Å². The van der Waals surface area contributed by atoms with Gasteiger partial charge in [-0.1, -0.05) is 112 Å². The van der Waals surface area contributed by atoms with Crippen LogP contribution in [-0.4, -0.2) is 0 Å². The van der Waals surface area contributed by atoms with Crippen LogP contribution >= 0.6 is 0 Å². The Hall–Kier alpha value is -5.34. The first-order chi connectivity index (χ1) is 22.2. The van der Waals surface area contributed by atoms with Crippen molar-refractivity contribution in [3.63, 3.8) is 0 Å². The van der Waals surface area contributed by atoms with Gasteiger partial charge in [0.2, 0.25) is 0 Å². The normalized spacial score (nSPS) is 11.5. The Bertz CT molecular complexity index is 1840. The average molecular weight is 599 g/mol. The van der Waals surface area contributed by atoms with E-state index in [0.717, 1.165) is 39.6 Å². The van der Waals surface area contributed by atoms with Gasteiger partial charge in [-0.2, -0.15) is 0 Å². The van der Waals surface area contributed by atoms with Crippen LogP contribution in [0.3, 0.4) is 0 Å². The van der Waals surface area contributed by atoms with Crippen molar-refractivity contribution in [1.82, 2.24) is 0 Å². The molecule has 2 heteroatoms. The lowest BCUT2D eigenvalue weighted by Crippen LogP contribution is -2.13. The van der Waals surface area contributed by atoms with E-state index in [-0.39, 0.29) is 5.41 Å². The Kier molecular flexibility index (Phi) is 8.90. The second kappa shape index (κ2) is 13.3. The van der Waals surface area contributed by atoms with Gasteiger partial charge in [0.25, 0.3) is 0 Å². The third kappa shape index (κ3) is 7.14. The van der Waals surface area contributed by atoms with E-state index in [2.05, 4.69) is 208 Å². The minimum atomic E-state index is 0.112. The molecule has 0 heterocycles. The molecule has 228 valence electrons. The number of para-hydroxylation sites is 2. The lowest BCUT2D eigenvalue weighted by atomic mass is 9.87. The number of anilines is 6. The molecule has 0 aliphatic rings. The van der Waals surface area contributed by atoms with Crippen molar-refractivity contribution in [2.45, 2.75) is 40.0 Å². The SMILES string of the molecule is Cc1cc(C)cc(N(c2ccc(C=Cc3ccc(N(c4ccccc4)c4ccccc4)cc3)cc2)c2ccc(C(C)(C)C)cc2)c1. The van der Waals surface area contributed by atoms with Gasteiger partial charge in [-0.3, -0.25) is 0 Å². The molecule has 46 heavy (non-hydrogen) atoms. The van der Waals surface area contributed by atoms with Gasteiger partial charge >= 0.3 is 0 Å². The number of rotatable bonds is 8. The Morgan fingerprint density at radius 3 is 1.13 bits per heavy atom. The van der Waals surface area contributed by atoms with Gasteiger partial charge in [0.05, 0.1) is 0 Å². The van der Waals surface area contributed by atoms with Gasteiger partial charge in [-0.15, -0.1) is 0 Å². The summed E-state index contributed by atoms with van der Waals surface area (Å²) in [6.45, 7) is 11.1. The van der Waals surface area contributed by atoms with Crippen molar-refractivity contribution in [2.75, 3.05) is 9.80 Å². The van der Waals surface area contributed by atoms with Crippen molar-refractivity contribution < 1.29 is 0 Å². The number of aryl methyl sites for hydroxylation is 2. The van der Waals surface area contributed by atoms with Crippen LogP contribution in [0.2, 0.25) is 0 Å². The molecule has 0 fully saturated rings. The largest absolute Gasteiger partial charge is 0.311 e. The smallest absolute Gasteiger partial charge is 0.0466 e. The molecule has 0 aliphatic carbocycles. The zero-order valence-corrected chi connectivity index (χ0v) is 27.5. The van der Waals surface area contributed by atoms with Crippen molar-refractivity contribution >= 4 is 46.3 Å². The number of benzene rings is 6. The predicted octanol–water partition coefficient (Wildman–Crippen LogP) is 12.7. The Labute approximate surface area is 274 Å². The molecule has 0 N–H and O–H groups in total. The Balaban J connectivity index is 1.25. The standard InChI is InChI=1S/C44H42N2/c1-33-30-34(2)32-43(31-33)46(42-28-22-37(23-29-42)44(3,4)5)41-26-20-36(21-27-41)17-16-35-18-24-40(25-19-35)45(38-12-8-6-9-13-38)39-14-10-7-11-15-39/h6-32H,1-5H3. The molecular formula is C44H42N2. The van der Waals surface area contributed by atoms with Gasteiger partial charge in [-0.25, -0.2) is 0 Å². The molecule has 0 spiro atoms. The highest BCUT2D eigenvalue weighted by Gasteiger charge is 2.17. The third-order valence-electron chi connectivity index (χ3n) is 8.26. The molecule has 0 amide bonds. The summed E-state index contributed by atoms with van der Waals surface area (Å²) in [5, 5.41) is 0. The zero-order chi connectivity index (χ0) is 32.1. The fourth-order valence-corrected chi connectivity index (χ4v) is 5.90. The van der Waals surface area contributed by atoms with Gasteiger partial charge < -0.3 is 9.80 Å². The molecule has 0 bridgehead atoms. The highest BCUT2D eigenvalue weighted by atomic mass is 15.1. The van der Waals surface area contributed by atoms with E-state index >= 15 is 0 Å². The summed E-state index contributed by atoms with van der Waals surface area (Å²) in [4.78, 5) is 4.63. The predicted molar refractivity (Wildman–Crippen MR) is 199 cm³/mol. The Morgan fingerprint density at radius 2 is 0.739 bits per heavy atom. The van der Waals surface area contributed by atoms with E-state index in [0.29, 0.717) is 0 Å². The van der Waals surface area contributed by atoms with E-state index in [9.17, 15) is 0 Å². The first-order valence-electron chi connectivity index (χ1n) is 16.0. The highest BCUT2D eigenvalue weighted by molar-refractivity contribution is 5.80. The Morgan fingerprint density at radius 1 is 0.391 bits per heavy atom. The molecule has 6 aromatic carbocycles. The fourth-order valence-electron chi connectivity index (χ4n) is 5.90. The zero-order valence-electron chi connectivity index (χ0n) is 27.5. The number of nitrogens with zero attached hydrogens (tertiary/aromatic N) is 2. The summed E-state index contributed by atoms with van der Waals surface area (Å²) in [5.41, 5.74) is 13.1. The maximum atomic E-state index is 2.35. The molecule has 6 rings (SSSR count). The lowest BCUT2D eigenvalue weighted by molar-refractivity contribution is 0.590. The van der Waals surface area contributed by atoms with E-state index in [1.807, 2.05) is 0 Å². The van der Waals surface area contributed by atoms with Crippen LogP contribution in [-0.2, 0) is 5.41 Å². The second-order valence-electron chi connectivity index (χ2n) is 13.0. The molecule has 0 saturated heterocycles. The van der Waals surface area contributed by atoms with Crippen molar-refractivity contribution in [1.29, 1.82) is 0 Å². The minimum absolute atomic E-state index is 0.112. The van der Waals surface area contributed by atoms with E-state index < -0.39 is 0 Å². The van der Waals surface area contributed by atoms with E-state index in [1.165, 1.54) is 22.4 Å². The van der Waals surface area contributed by atoms with Crippen LogP contribution in [0, 0.1) is 13.8 Å². The third-order valence-corrected chi connectivity index (χ3v) is 8.26. The summed E-state index contributed by atoms with van der Waals surface area (Å²) < 4.78 is 0. The van der Waals surface area contributed by atoms with Gasteiger partial charge in [0.15, 0.2) is 0 Å². The molecule has 0 radical (unpaired) electrons. The number of hydrogen-bond acceptors (Lipinski definition) is 2. The first kappa shape index (κ1) is 30.7. The monoisotopic (exact) mass is 598 g/mol. The topological polar surface area (TPSA) is 6.48 Å². The highest BCUT2D eigenvalue weighted by Crippen LogP contribution is 2.37. The van der Waals surface area contributed by atoms with Crippen LogP contribution in [0.15, 0.2) is 152 Å². The molecule has 0 aromatic heterocycles. The first-order valence-corrected chi connectivity index (χ1v) is 16.0. The molecule has 2 nitrogen and oxygen atoms in total. The quantitative estimate of drug-likeness (QED) is 0.161. The molecule has 0 atom stereocenters. The molecule has 0 aliphatic heterocycles. The van der Waals surface area contributed by atoms with Crippen LogP contribution in [0.25, 0.3) is 12.2 Å². The summed E-state index contributed by atoms with van der Waals surface area (Å²) in [5.74, 6) is 0. The molecular weight excluding hydrogens is 556 g/mol. The van der Waals surface area contributed by atoms with E-state index in [4.69, 9.17) is 0 Å². The number of hydrogen-bond donors (Lipinski definition) is 0. The summed E-state index contributed by atoms with van der Waals surface area (Å²) in [6.07, 6.45) is 4.37. The van der Waals surface area contributed by atoms with Crippen molar-refractivity contribution in [3.05, 3.63) is 179 Å². The molecule has 6 aromatic rings. The second-order valence-corrected chi connectivity index (χ2v) is 13.0. The van der Waals surface area contributed by atoms with Crippen LogP contribution in [0.4, 0.5) is 34.1 Å².